The summed E-state index contributed by atoms with van der Waals surface area (Å²) in [6.45, 7) is 0.736. The molecule has 0 unspecified atom stereocenters. The lowest BCUT2D eigenvalue weighted by Crippen LogP contribution is -2.23. The molecule has 0 aromatic heterocycles. The zero-order valence-electron chi connectivity index (χ0n) is 13.2. The number of carbonyl (C=O) groups excluding carboxylic acids is 2. The Morgan fingerprint density at radius 3 is 2.58 bits per heavy atom. The smallest absolute Gasteiger partial charge is 0.255 e. The van der Waals surface area contributed by atoms with E-state index in [1.54, 1.807) is 48.4 Å². The number of carbonyl (C=O) groups is 2. The second-order valence-corrected chi connectivity index (χ2v) is 6.41. The Morgan fingerprint density at radius 2 is 1.96 bits per heavy atom. The Balaban J connectivity index is 1.76. The Morgan fingerprint density at radius 1 is 1.21 bits per heavy atom. The molecule has 1 aliphatic heterocycles. The fourth-order valence-corrected chi connectivity index (χ4v) is 3.05. The van der Waals surface area contributed by atoms with Crippen molar-refractivity contribution in [1.82, 2.24) is 0 Å². The summed E-state index contributed by atoms with van der Waals surface area (Å²) < 4.78 is 6.10. The fourth-order valence-electron chi connectivity index (χ4n) is 2.69. The van der Waals surface area contributed by atoms with Crippen molar-refractivity contribution >= 4 is 39.1 Å². The van der Waals surface area contributed by atoms with Crippen molar-refractivity contribution in [2.45, 2.75) is 12.8 Å². The number of hydrogen-bond donors (Lipinski definition) is 1. The summed E-state index contributed by atoms with van der Waals surface area (Å²) in [7, 11) is 1.56. The van der Waals surface area contributed by atoms with Crippen LogP contribution in [-0.2, 0) is 4.79 Å². The van der Waals surface area contributed by atoms with Gasteiger partial charge < -0.3 is 15.0 Å². The molecule has 24 heavy (non-hydrogen) atoms. The van der Waals surface area contributed by atoms with Crippen LogP contribution in [0.25, 0.3) is 0 Å². The molecule has 0 saturated carbocycles. The van der Waals surface area contributed by atoms with E-state index < -0.39 is 0 Å². The average Bonchev–Trinajstić information content (AvgIpc) is 3.01. The van der Waals surface area contributed by atoms with Crippen molar-refractivity contribution in [2.75, 3.05) is 23.9 Å². The monoisotopic (exact) mass is 388 g/mol. The highest BCUT2D eigenvalue weighted by Gasteiger charge is 2.21. The summed E-state index contributed by atoms with van der Waals surface area (Å²) in [6, 6.07) is 12.5. The first-order chi connectivity index (χ1) is 11.6. The summed E-state index contributed by atoms with van der Waals surface area (Å²) in [5.74, 6) is 0.489. The molecule has 1 heterocycles. The number of amides is 2. The largest absolute Gasteiger partial charge is 0.495 e. The number of anilines is 2. The lowest BCUT2D eigenvalue weighted by Gasteiger charge is -2.16. The number of ether oxygens (including phenoxy) is 1. The summed E-state index contributed by atoms with van der Waals surface area (Å²) in [6.07, 6.45) is 1.47. The quantitative estimate of drug-likeness (QED) is 0.865. The van der Waals surface area contributed by atoms with Crippen LogP contribution in [0.4, 0.5) is 11.4 Å². The van der Waals surface area contributed by atoms with Crippen LogP contribution >= 0.6 is 15.9 Å². The van der Waals surface area contributed by atoms with Crippen molar-refractivity contribution in [3.63, 3.8) is 0 Å². The maximum atomic E-state index is 12.4. The number of nitrogens with zero attached hydrogens (tertiary/aromatic N) is 1. The van der Waals surface area contributed by atoms with Crippen molar-refractivity contribution in [3.8, 4) is 5.75 Å². The van der Waals surface area contributed by atoms with Crippen molar-refractivity contribution < 1.29 is 14.3 Å². The van der Waals surface area contributed by atoms with Gasteiger partial charge in [-0.15, -0.1) is 0 Å². The van der Waals surface area contributed by atoms with Gasteiger partial charge in [0.25, 0.3) is 5.91 Å². The van der Waals surface area contributed by atoms with Gasteiger partial charge in [-0.3, -0.25) is 9.59 Å². The number of methoxy groups -OCH3 is 1. The molecule has 1 N–H and O–H groups in total. The van der Waals surface area contributed by atoms with Gasteiger partial charge in [0.05, 0.1) is 12.8 Å². The molecule has 0 spiro atoms. The van der Waals surface area contributed by atoms with Crippen LogP contribution in [0.3, 0.4) is 0 Å². The van der Waals surface area contributed by atoms with Crippen molar-refractivity contribution in [1.29, 1.82) is 0 Å². The number of benzene rings is 2. The molecule has 0 atom stereocenters. The molecular weight excluding hydrogens is 372 g/mol. The number of nitrogens with one attached hydrogen (secondary N) is 1. The van der Waals surface area contributed by atoms with Gasteiger partial charge in [0.2, 0.25) is 5.91 Å². The Labute approximate surface area is 148 Å². The van der Waals surface area contributed by atoms with Crippen LogP contribution < -0.4 is 15.0 Å². The van der Waals surface area contributed by atoms with Crippen LogP contribution in [0.5, 0.6) is 5.75 Å². The van der Waals surface area contributed by atoms with E-state index in [0.29, 0.717) is 23.4 Å². The van der Waals surface area contributed by atoms with Gasteiger partial charge in [-0.1, -0.05) is 15.9 Å². The highest BCUT2D eigenvalue weighted by atomic mass is 79.9. The Kier molecular flexibility index (Phi) is 4.85. The molecular formula is C18H17BrN2O3. The van der Waals surface area contributed by atoms with E-state index in [1.165, 1.54) is 0 Å². The van der Waals surface area contributed by atoms with Crippen LogP contribution in [0.1, 0.15) is 23.2 Å². The lowest BCUT2D eigenvalue weighted by atomic mass is 10.1. The molecule has 0 bridgehead atoms. The van der Waals surface area contributed by atoms with E-state index in [9.17, 15) is 9.59 Å². The Hall–Kier alpha value is -2.34. The highest BCUT2D eigenvalue weighted by Crippen LogP contribution is 2.28. The molecule has 1 aliphatic rings. The van der Waals surface area contributed by atoms with Crippen molar-refractivity contribution in [3.05, 3.63) is 52.5 Å². The first-order valence-electron chi connectivity index (χ1n) is 7.64. The molecule has 124 valence electrons. The molecule has 1 saturated heterocycles. The maximum absolute atomic E-state index is 12.4. The van der Waals surface area contributed by atoms with Crippen LogP contribution in [-0.4, -0.2) is 25.5 Å². The lowest BCUT2D eigenvalue weighted by molar-refractivity contribution is -0.117. The van der Waals surface area contributed by atoms with E-state index in [1.807, 2.05) is 6.07 Å². The van der Waals surface area contributed by atoms with Gasteiger partial charge in [-0.25, -0.2) is 0 Å². The highest BCUT2D eigenvalue weighted by molar-refractivity contribution is 9.10. The topological polar surface area (TPSA) is 58.6 Å². The third kappa shape index (κ3) is 3.43. The van der Waals surface area contributed by atoms with Crippen LogP contribution in [0.2, 0.25) is 0 Å². The van der Waals surface area contributed by atoms with Crippen LogP contribution in [0, 0.1) is 0 Å². The minimum atomic E-state index is -0.231. The van der Waals surface area contributed by atoms with E-state index in [4.69, 9.17) is 4.74 Å². The second kappa shape index (κ2) is 7.05. The van der Waals surface area contributed by atoms with Gasteiger partial charge in [-0.2, -0.15) is 0 Å². The minimum Gasteiger partial charge on any atom is -0.495 e. The number of rotatable bonds is 4. The molecule has 1 fully saturated rings. The zero-order valence-corrected chi connectivity index (χ0v) is 14.8. The van der Waals surface area contributed by atoms with Crippen LogP contribution in [0.15, 0.2) is 46.9 Å². The molecule has 2 aromatic rings. The fraction of sp³-hybridized carbons (Fsp3) is 0.222. The predicted molar refractivity (Wildman–Crippen MR) is 96.7 cm³/mol. The van der Waals surface area contributed by atoms with Crippen molar-refractivity contribution in [2.24, 2.45) is 0 Å². The normalized spacial score (nSPS) is 13.9. The predicted octanol–water partition coefficient (Wildman–Crippen LogP) is 3.84. The first-order valence-corrected chi connectivity index (χ1v) is 8.43. The zero-order chi connectivity index (χ0) is 17.1. The number of halogens is 1. The summed E-state index contributed by atoms with van der Waals surface area (Å²) >= 11 is 3.38. The van der Waals surface area contributed by atoms with E-state index in [0.717, 1.165) is 23.1 Å². The minimum absolute atomic E-state index is 0.131. The average molecular weight is 389 g/mol. The maximum Gasteiger partial charge on any atom is 0.255 e. The SMILES string of the molecule is COc1ccc(Br)cc1NC(=O)c1ccc(N2CCCC2=O)cc1. The molecule has 5 nitrogen and oxygen atoms in total. The molecule has 2 amide bonds. The summed E-state index contributed by atoms with van der Waals surface area (Å²) in [5.41, 5.74) is 1.94. The first kappa shape index (κ1) is 16.5. The van der Waals surface area contributed by atoms with Gasteiger partial charge in [-0.05, 0) is 48.9 Å². The van der Waals surface area contributed by atoms with E-state index in [2.05, 4.69) is 21.2 Å². The van der Waals surface area contributed by atoms with Gasteiger partial charge >= 0.3 is 0 Å². The van der Waals surface area contributed by atoms with Gasteiger partial charge in [0, 0.05) is 28.7 Å². The molecule has 2 aromatic carbocycles. The number of hydrogen-bond acceptors (Lipinski definition) is 3. The Bertz CT molecular complexity index is 774. The summed E-state index contributed by atoms with van der Waals surface area (Å²) in [4.78, 5) is 25.9. The van der Waals surface area contributed by atoms with Gasteiger partial charge in [0.1, 0.15) is 5.75 Å². The standard InChI is InChI=1S/C18H17BrN2O3/c1-24-16-9-6-13(19)11-15(16)20-18(23)12-4-7-14(8-5-12)21-10-2-3-17(21)22/h4-9,11H,2-3,10H2,1H3,(H,20,23). The third-order valence-electron chi connectivity index (χ3n) is 3.92. The van der Waals surface area contributed by atoms with E-state index >= 15 is 0 Å². The molecule has 0 aliphatic carbocycles. The second-order valence-electron chi connectivity index (χ2n) is 5.49. The third-order valence-corrected chi connectivity index (χ3v) is 4.42. The molecule has 0 radical (unpaired) electrons. The van der Waals surface area contributed by atoms with Gasteiger partial charge in [0.15, 0.2) is 0 Å². The van der Waals surface area contributed by atoms with E-state index in [-0.39, 0.29) is 11.8 Å². The molecule has 3 rings (SSSR count). The molecule has 6 heteroatoms. The summed E-state index contributed by atoms with van der Waals surface area (Å²) in [5, 5.41) is 2.84.